The smallest absolute Gasteiger partial charge is 0.303 e. The summed E-state index contributed by atoms with van der Waals surface area (Å²) in [7, 11) is 0. The molecule has 0 radical (unpaired) electrons. The van der Waals surface area contributed by atoms with Gasteiger partial charge in [-0.15, -0.1) is 0 Å². The third-order valence-electron chi connectivity index (χ3n) is 2.01. The van der Waals surface area contributed by atoms with Gasteiger partial charge < -0.3 is 16.2 Å². The first-order valence-corrected chi connectivity index (χ1v) is 5.61. The highest BCUT2D eigenvalue weighted by molar-refractivity contribution is 6.38. The Hall–Kier alpha value is -1.44. The van der Waals surface area contributed by atoms with Crippen molar-refractivity contribution in [3.63, 3.8) is 0 Å². The number of rotatable bonds is 5. The Bertz CT molecular complexity index is 449. The molecule has 9 heteroatoms. The molecule has 7 nitrogen and oxygen atoms in total. The summed E-state index contributed by atoms with van der Waals surface area (Å²) in [5.41, 5.74) is 5.56. The molecule has 0 spiro atoms. The van der Waals surface area contributed by atoms with Gasteiger partial charge in [0.25, 0.3) is 0 Å². The first-order valence-electron chi connectivity index (χ1n) is 4.86. The Morgan fingerprint density at radius 1 is 1.39 bits per heavy atom. The molecule has 0 aliphatic carbocycles. The first kappa shape index (κ1) is 14.6. The highest BCUT2D eigenvalue weighted by atomic mass is 35.5. The lowest BCUT2D eigenvalue weighted by atomic mass is 10.1. The quantitative estimate of drug-likeness (QED) is 0.694. The molecule has 98 valence electrons. The third-order valence-corrected chi connectivity index (χ3v) is 2.58. The average molecular weight is 293 g/mol. The normalized spacial score (nSPS) is 11.9. The highest BCUT2D eigenvalue weighted by Crippen LogP contribution is 2.25. The van der Waals surface area contributed by atoms with Crippen molar-refractivity contribution in [1.29, 1.82) is 0 Å². The summed E-state index contributed by atoms with van der Waals surface area (Å²) in [6.45, 7) is 0. The van der Waals surface area contributed by atoms with Gasteiger partial charge in [0.1, 0.15) is 12.0 Å². The van der Waals surface area contributed by atoms with Gasteiger partial charge in [-0.3, -0.25) is 9.59 Å². The molecule has 18 heavy (non-hydrogen) atoms. The fraction of sp³-hybridized carbons (Fsp3) is 0.333. The molecule has 0 aromatic carbocycles. The van der Waals surface area contributed by atoms with Crippen molar-refractivity contribution in [3.05, 3.63) is 16.6 Å². The van der Waals surface area contributed by atoms with Crippen LogP contribution in [0.4, 0.5) is 5.69 Å². The second kappa shape index (κ2) is 6.48. The Kier molecular flexibility index (Phi) is 5.26. The molecule has 0 aliphatic heterocycles. The maximum Gasteiger partial charge on any atom is 0.303 e. The van der Waals surface area contributed by atoms with Crippen molar-refractivity contribution in [2.24, 2.45) is 5.73 Å². The molecule has 1 unspecified atom stereocenters. The maximum absolute atomic E-state index is 11.6. The number of nitrogens with one attached hydrogen (secondary N) is 1. The van der Waals surface area contributed by atoms with E-state index in [-0.39, 0.29) is 28.8 Å². The number of hydrogen-bond donors (Lipinski definition) is 3. The topological polar surface area (TPSA) is 118 Å². The number of anilines is 1. The summed E-state index contributed by atoms with van der Waals surface area (Å²) in [6.07, 6.45) is 0.941. The van der Waals surface area contributed by atoms with E-state index in [4.69, 9.17) is 34.0 Å². The SMILES string of the molecule is NC(CCC(=O)O)C(=O)Nc1c(Cl)ncnc1Cl. The molecule has 1 atom stereocenters. The monoisotopic (exact) mass is 292 g/mol. The average Bonchev–Trinajstić information content (AvgIpc) is 2.30. The van der Waals surface area contributed by atoms with Crippen LogP contribution in [0.25, 0.3) is 0 Å². The van der Waals surface area contributed by atoms with Gasteiger partial charge >= 0.3 is 5.97 Å². The fourth-order valence-electron chi connectivity index (χ4n) is 1.07. The summed E-state index contributed by atoms with van der Waals surface area (Å²) >= 11 is 11.4. The lowest BCUT2D eigenvalue weighted by Gasteiger charge is -2.12. The van der Waals surface area contributed by atoms with Gasteiger partial charge in [-0.2, -0.15) is 0 Å². The lowest BCUT2D eigenvalue weighted by Crippen LogP contribution is -2.36. The van der Waals surface area contributed by atoms with Crippen LogP contribution in [0.15, 0.2) is 6.33 Å². The van der Waals surface area contributed by atoms with Gasteiger partial charge in [-0.05, 0) is 6.42 Å². The van der Waals surface area contributed by atoms with Crippen LogP contribution in [0.5, 0.6) is 0 Å². The molecule has 0 aliphatic rings. The van der Waals surface area contributed by atoms with Crippen LogP contribution in [-0.4, -0.2) is 33.0 Å². The van der Waals surface area contributed by atoms with E-state index in [1.807, 2.05) is 0 Å². The van der Waals surface area contributed by atoms with E-state index >= 15 is 0 Å². The molecule has 1 heterocycles. The predicted molar refractivity (Wildman–Crippen MR) is 65.5 cm³/mol. The number of nitrogens with zero attached hydrogens (tertiary/aromatic N) is 2. The van der Waals surface area contributed by atoms with Crippen LogP contribution in [0, 0.1) is 0 Å². The predicted octanol–water partition coefficient (Wildman–Crippen LogP) is 0.914. The van der Waals surface area contributed by atoms with E-state index in [9.17, 15) is 9.59 Å². The Balaban J connectivity index is 2.67. The number of halogens is 2. The van der Waals surface area contributed by atoms with Crippen LogP contribution in [0.1, 0.15) is 12.8 Å². The Morgan fingerprint density at radius 2 is 1.94 bits per heavy atom. The maximum atomic E-state index is 11.6. The van der Waals surface area contributed by atoms with Crippen LogP contribution < -0.4 is 11.1 Å². The fourth-order valence-corrected chi connectivity index (χ4v) is 1.48. The summed E-state index contributed by atoms with van der Waals surface area (Å²) in [4.78, 5) is 29.3. The summed E-state index contributed by atoms with van der Waals surface area (Å²) < 4.78 is 0. The van der Waals surface area contributed by atoms with Gasteiger partial charge in [0.05, 0.1) is 6.04 Å². The van der Waals surface area contributed by atoms with Crippen molar-refractivity contribution in [2.75, 3.05) is 5.32 Å². The zero-order chi connectivity index (χ0) is 13.7. The number of aliphatic carboxylic acids is 1. The number of amides is 1. The number of carbonyl (C=O) groups is 2. The Morgan fingerprint density at radius 3 is 2.44 bits per heavy atom. The van der Waals surface area contributed by atoms with Crippen molar-refractivity contribution >= 4 is 40.8 Å². The van der Waals surface area contributed by atoms with Crippen molar-refractivity contribution in [2.45, 2.75) is 18.9 Å². The molecule has 1 aromatic heterocycles. The molecule has 0 fully saturated rings. The van der Waals surface area contributed by atoms with Crippen LogP contribution >= 0.6 is 23.2 Å². The van der Waals surface area contributed by atoms with Crippen molar-refractivity contribution in [1.82, 2.24) is 9.97 Å². The standard InChI is InChI=1S/C9H10Cl2N4O3/c10-7-6(8(11)14-3-13-7)15-9(18)4(12)1-2-5(16)17/h3-4H,1-2,12H2,(H,15,18)(H,16,17). The summed E-state index contributed by atoms with van der Waals surface area (Å²) in [5.74, 6) is -1.63. The van der Waals surface area contributed by atoms with E-state index in [1.54, 1.807) is 0 Å². The minimum absolute atomic E-state index is 0.00406. The highest BCUT2D eigenvalue weighted by Gasteiger charge is 2.18. The molecular weight excluding hydrogens is 283 g/mol. The Labute approximate surface area is 112 Å². The van der Waals surface area contributed by atoms with E-state index < -0.39 is 17.9 Å². The zero-order valence-electron chi connectivity index (χ0n) is 9.06. The molecular formula is C9H10Cl2N4O3. The lowest BCUT2D eigenvalue weighted by molar-refractivity contribution is -0.137. The number of nitrogens with two attached hydrogens (primary N) is 1. The van der Waals surface area contributed by atoms with Crippen molar-refractivity contribution < 1.29 is 14.7 Å². The van der Waals surface area contributed by atoms with E-state index in [0.29, 0.717) is 0 Å². The largest absolute Gasteiger partial charge is 0.481 e. The van der Waals surface area contributed by atoms with E-state index in [2.05, 4.69) is 15.3 Å². The number of carbonyl (C=O) groups excluding carboxylic acids is 1. The molecule has 1 aromatic rings. The van der Waals surface area contributed by atoms with Gasteiger partial charge in [0.15, 0.2) is 10.3 Å². The number of hydrogen-bond acceptors (Lipinski definition) is 5. The zero-order valence-corrected chi connectivity index (χ0v) is 10.6. The van der Waals surface area contributed by atoms with Gasteiger partial charge in [0, 0.05) is 6.42 Å². The summed E-state index contributed by atoms with van der Waals surface area (Å²) in [6, 6.07) is -0.978. The second-order valence-corrected chi connectivity index (χ2v) is 4.07. The van der Waals surface area contributed by atoms with E-state index in [0.717, 1.165) is 6.33 Å². The van der Waals surface area contributed by atoms with Gasteiger partial charge in [0.2, 0.25) is 5.91 Å². The second-order valence-electron chi connectivity index (χ2n) is 3.36. The molecule has 4 N–H and O–H groups in total. The number of carboxylic acids is 1. The van der Waals surface area contributed by atoms with Crippen LogP contribution in [0.3, 0.4) is 0 Å². The van der Waals surface area contributed by atoms with Crippen LogP contribution in [0.2, 0.25) is 10.3 Å². The van der Waals surface area contributed by atoms with Gasteiger partial charge in [-0.1, -0.05) is 23.2 Å². The molecule has 1 rings (SSSR count). The number of carboxylic acid groups (broad SMARTS) is 1. The van der Waals surface area contributed by atoms with Crippen molar-refractivity contribution in [3.8, 4) is 0 Å². The van der Waals surface area contributed by atoms with E-state index in [1.165, 1.54) is 0 Å². The molecule has 0 saturated carbocycles. The minimum atomic E-state index is -1.03. The molecule has 1 amide bonds. The third kappa shape index (κ3) is 4.10. The molecule has 0 saturated heterocycles. The first-order chi connectivity index (χ1) is 8.41. The molecule has 0 bridgehead atoms. The number of aromatic nitrogens is 2. The van der Waals surface area contributed by atoms with Crippen LogP contribution in [-0.2, 0) is 9.59 Å². The van der Waals surface area contributed by atoms with Gasteiger partial charge in [-0.25, -0.2) is 9.97 Å². The minimum Gasteiger partial charge on any atom is -0.481 e. The summed E-state index contributed by atoms with van der Waals surface area (Å²) in [5, 5.41) is 10.8.